The summed E-state index contributed by atoms with van der Waals surface area (Å²) in [7, 11) is 0. The minimum absolute atomic E-state index is 0.162. The van der Waals surface area contributed by atoms with Crippen molar-refractivity contribution in [3.05, 3.63) is 36.7 Å². The van der Waals surface area contributed by atoms with E-state index in [0.29, 0.717) is 12.3 Å². The number of anilines is 2. The molecule has 96 valence electrons. The Kier molecular flexibility index (Phi) is 2.93. The van der Waals surface area contributed by atoms with Crippen LogP contribution in [0.5, 0.6) is 5.75 Å². The first kappa shape index (κ1) is 11.4. The molecule has 2 heterocycles. The zero-order chi connectivity index (χ0) is 13.1. The number of nitrogens with zero attached hydrogens (tertiary/aromatic N) is 3. The van der Waals surface area contributed by atoms with E-state index < -0.39 is 6.10 Å². The first-order valence-electron chi connectivity index (χ1n) is 5.77. The third-order valence-corrected chi connectivity index (χ3v) is 2.64. The zero-order valence-electron chi connectivity index (χ0n) is 9.91. The molecule has 7 nitrogen and oxygen atoms in total. The highest BCUT2D eigenvalue weighted by Crippen LogP contribution is 2.28. The summed E-state index contributed by atoms with van der Waals surface area (Å²) in [5, 5.41) is 13.0. The highest BCUT2D eigenvalue weighted by Gasteiger charge is 2.26. The lowest BCUT2D eigenvalue weighted by Crippen LogP contribution is -2.41. The number of hydrogen-bond acceptors (Lipinski definition) is 6. The van der Waals surface area contributed by atoms with Crippen LogP contribution in [0.25, 0.3) is 0 Å². The fourth-order valence-corrected chi connectivity index (χ4v) is 1.75. The smallest absolute Gasteiger partial charge is 0.269 e. The Morgan fingerprint density at radius 1 is 1.37 bits per heavy atom. The van der Waals surface area contributed by atoms with Gasteiger partial charge in [-0.15, -0.1) is 5.10 Å². The Bertz CT molecular complexity index is 590. The van der Waals surface area contributed by atoms with Gasteiger partial charge in [-0.05, 0) is 12.1 Å². The summed E-state index contributed by atoms with van der Waals surface area (Å²) in [5.74, 6) is 0.506. The van der Waals surface area contributed by atoms with Gasteiger partial charge in [0.25, 0.3) is 5.91 Å². The largest absolute Gasteiger partial charge is 0.477 e. The highest BCUT2D eigenvalue weighted by atomic mass is 16.5. The maximum atomic E-state index is 12.0. The molecule has 1 aliphatic rings. The van der Waals surface area contributed by atoms with E-state index in [1.807, 2.05) is 24.3 Å². The van der Waals surface area contributed by atoms with Crippen molar-refractivity contribution in [3.8, 4) is 5.75 Å². The van der Waals surface area contributed by atoms with E-state index in [9.17, 15) is 4.79 Å². The fourth-order valence-electron chi connectivity index (χ4n) is 1.75. The molecule has 1 atom stereocenters. The predicted molar refractivity (Wildman–Crippen MR) is 67.8 cm³/mol. The van der Waals surface area contributed by atoms with Gasteiger partial charge < -0.3 is 10.1 Å². The minimum atomic E-state index is -0.626. The SMILES string of the molecule is O=C(Nc1nccnn1)C1CNc2ccccc2O1. The maximum Gasteiger partial charge on any atom is 0.269 e. The first-order chi connectivity index (χ1) is 9.33. The molecule has 1 aromatic heterocycles. The normalized spacial score (nSPS) is 16.7. The second-order valence-electron chi connectivity index (χ2n) is 3.94. The number of para-hydroxylation sites is 2. The molecule has 0 bridgehead atoms. The van der Waals surface area contributed by atoms with Crippen molar-refractivity contribution in [2.24, 2.45) is 0 Å². The number of rotatable bonds is 2. The number of amides is 1. The second-order valence-corrected chi connectivity index (χ2v) is 3.94. The van der Waals surface area contributed by atoms with Gasteiger partial charge in [-0.25, -0.2) is 4.98 Å². The average molecular weight is 257 g/mol. The summed E-state index contributed by atoms with van der Waals surface area (Å²) in [6, 6.07) is 7.46. The van der Waals surface area contributed by atoms with Gasteiger partial charge in [0.05, 0.1) is 24.6 Å². The van der Waals surface area contributed by atoms with Gasteiger partial charge in [0.2, 0.25) is 5.95 Å². The van der Waals surface area contributed by atoms with Crippen LogP contribution in [0.15, 0.2) is 36.7 Å². The van der Waals surface area contributed by atoms with E-state index >= 15 is 0 Å². The monoisotopic (exact) mass is 257 g/mol. The molecule has 3 rings (SSSR count). The fraction of sp³-hybridized carbons (Fsp3) is 0.167. The molecule has 1 aliphatic heterocycles. The molecular formula is C12H11N5O2. The number of aromatic nitrogens is 3. The van der Waals surface area contributed by atoms with Gasteiger partial charge >= 0.3 is 0 Å². The van der Waals surface area contributed by atoms with Crippen molar-refractivity contribution in [2.75, 3.05) is 17.2 Å². The lowest BCUT2D eigenvalue weighted by Gasteiger charge is -2.26. The van der Waals surface area contributed by atoms with Crippen molar-refractivity contribution >= 4 is 17.5 Å². The molecule has 0 saturated carbocycles. The van der Waals surface area contributed by atoms with Crippen LogP contribution in [0.3, 0.4) is 0 Å². The van der Waals surface area contributed by atoms with Crippen molar-refractivity contribution in [1.82, 2.24) is 15.2 Å². The van der Waals surface area contributed by atoms with Crippen LogP contribution in [0.4, 0.5) is 11.6 Å². The number of carbonyl (C=O) groups excluding carboxylic acids is 1. The van der Waals surface area contributed by atoms with E-state index in [0.717, 1.165) is 5.69 Å². The van der Waals surface area contributed by atoms with E-state index in [2.05, 4.69) is 25.8 Å². The van der Waals surface area contributed by atoms with Crippen molar-refractivity contribution < 1.29 is 9.53 Å². The van der Waals surface area contributed by atoms with Crippen LogP contribution in [-0.4, -0.2) is 33.7 Å². The molecule has 1 aromatic carbocycles. The molecular weight excluding hydrogens is 246 g/mol. The van der Waals surface area contributed by atoms with Crippen molar-refractivity contribution in [1.29, 1.82) is 0 Å². The van der Waals surface area contributed by atoms with Gasteiger partial charge in [0, 0.05) is 0 Å². The topological polar surface area (TPSA) is 89.0 Å². The zero-order valence-corrected chi connectivity index (χ0v) is 9.91. The maximum absolute atomic E-state index is 12.0. The molecule has 2 N–H and O–H groups in total. The standard InChI is InChI=1S/C12H11N5O2/c18-11(16-12-13-5-6-15-17-12)10-7-14-8-3-1-2-4-9(8)19-10/h1-6,10,14H,7H2,(H,13,16,17,18). The summed E-state index contributed by atoms with van der Waals surface area (Å²) in [6.45, 7) is 0.392. The van der Waals surface area contributed by atoms with Crippen LogP contribution < -0.4 is 15.4 Å². The van der Waals surface area contributed by atoms with Gasteiger partial charge in [0.1, 0.15) is 5.75 Å². The van der Waals surface area contributed by atoms with Gasteiger partial charge in [0.15, 0.2) is 6.10 Å². The molecule has 2 aromatic rings. The van der Waals surface area contributed by atoms with Gasteiger partial charge in [-0.1, -0.05) is 12.1 Å². The van der Waals surface area contributed by atoms with Crippen LogP contribution in [0.2, 0.25) is 0 Å². The van der Waals surface area contributed by atoms with E-state index in [1.54, 1.807) is 0 Å². The number of nitrogens with one attached hydrogen (secondary N) is 2. The number of ether oxygens (including phenoxy) is 1. The van der Waals surface area contributed by atoms with E-state index in [4.69, 9.17) is 4.74 Å². The van der Waals surface area contributed by atoms with Gasteiger partial charge in [-0.3, -0.25) is 10.1 Å². The number of fused-ring (bicyclic) bond motifs is 1. The van der Waals surface area contributed by atoms with Crippen LogP contribution in [-0.2, 0) is 4.79 Å². The molecule has 0 fully saturated rings. The van der Waals surface area contributed by atoms with E-state index in [-0.39, 0.29) is 11.9 Å². The van der Waals surface area contributed by atoms with Gasteiger partial charge in [-0.2, -0.15) is 5.10 Å². The van der Waals surface area contributed by atoms with Crippen molar-refractivity contribution in [3.63, 3.8) is 0 Å². The average Bonchev–Trinajstić information content (AvgIpc) is 2.48. The summed E-state index contributed by atoms with van der Waals surface area (Å²) in [5.41, 5.74) is 0.879. The number of carbonyl (C=O) groups is 1. The molecule has 0 radical (unpaired) electrons. The minimum Gasteiger partial charge on any atom is -0.477 e. The Morgan fingerprint density at radius 3 is 3.11 bits per heavy atom. The molecule has 19 heavy (non-hydrogen) atoms. The Labute approximate surface area is 109 Å². The molecule has 0 spiro atoms. The summed E-state index contributed by atoms with van der Waals surface area (Å²) >= 11 is 0. The summed E-state index contributed by atoms with van der Waals surface area (Å²) in [4.78, 5) is 15.9. The third-order valence-electron chi connectivity index (χ3n) is 2.64. The Morgan fingerprint density at radius 2 is 2.26 bits per heavy atom. The molecule has 0 aliphatic carbocycles. The lowest BCUT2D eigenvalue weighted by molar-refractivity contribution is -0.122. The molecule has 1 amide bonds. The van der Waals surface area contributed by atoms with Crippen molar-refractivity contribution in [2.45, 2.75) is 6.10 Å². The second kappa shape index (κ2) is 4.89. The predicted octanol–water partition coefficient (Wildman–Crippen LogP) is 0.683. The first-order valence-corrected chi connectivity index (χ1v) is 5.77. The molecule has 0 saturated heterocycles. The van der Waals surface area contributed by atoms with E-state index in [1.165, 1.54) is 12.4 Å². The summed E-state index contributed by atoms with van der Waals surface area (Å²) in [6.07, 6.45) is 2.27. The van der Waals surface area contributed by atoms with Crippen LogP contribution in [0, 0.1) is 0 Å². The number of benzene rings is 1. The summed E-state index contributed by atoms with van der Waals surface area (Å²) < 4.78 is 5.62. The highest BCUT2D eigenvalue weighted by molar-refractivity contribution is 5.93. The number of hydrogen-bond donors (Lipinski definition) is 2. The van der Waals surface area contributed by atoms with Crippen LogP contribution in [0.1, 0.15) is 0 Å². The quantitative estimate of drug-likeness (QED) is 0.822. The Hall–Kier alpha value is -2.70. The lowest BCUT2D eigenvalue weighted by atomic mass is 10.2. The Balaban J connectivity index is 1.70. The van der Waals surface area contributed by atoms with Crippen LogP contribution >= 0.6 is 0 Å². The molecule has 1 unspecified atom stereocenters. The third kappa shape index (κ3) is 2.44. The molecule has 7 heteroatoms.